The molecule has 0 aliphatic heterocycles. The van der Waals surface area contributed by atoms with Crippen LogP contribution in [-0.2, 0) is 0 Å². The summed E-state index contributed by atoms with van der Waals surface area (Å²) in [5, 5.41) is 10.4. The topological polar surface area (TPSA) is 63.1 Å². The zero-order chi connectivity index (χ0) is 14.3. The zero-order valence-corrected chi connectivity index (χ0v) is 12.1. The van der Waals surface area contributed by atoms with Crippen molar-refractivity contribution in [1.82, 2.24) is 9.97 Å². The molecule has 20 heavy (non-hydrogen) atoms. The molecule has 0 spiro atoms. The van der Waals surface area contributed by atoms with Gasteiger partial charge in [0.25, 0.3) is 0 Å². The molecule has 1 aromatic carbocycles. The van der Waals surface area contributed by atoms with Crippen LogP contribution in [0.1, 0.15) is 10.4 Å². The van der Waals surface area contributed by atoms with Gasteiger partial charge in [0.15, 0.2) is 0 Å². The van der Waals surface area contributed by atoms with Gasteiger partial charge in [0.1, 0.15) is 0 Å². The van der Waals surface area contributed by atoms with Crippen molar-refractivity contribution in [3.05, 3.63) is 45.5 Å². The molecule has 1 N–H and O–H groups in total. The second-order valence-electron chi connectivity index (χ2n) is 3.98. The maximum Gasteiger partial charge on any atom is 0.336 e. The van der Waals surface area contributed by atoms with Gasteiger partial charge in [0.05, 0.1) is 37.2 Å². The number of aromatic nitrogens is 2. The molecule has 3 aromatic rings. The van der Waals surface area contributed by atoms with E-state index < -0.39 is 5.97 Å². The zero-order valence-electron chi connectivity index (χ0n) is 9.80. The summed E-state index contributed by atoms with van der Waals surface area (Å²) in [6.45, 7) is 0. The average molecular weight is 325 g/mol. The van der Waals surface area contributed by atoms with Crippen molar-refractivity contribution in [2.45, 2.75) is 0 Å². The molecule has 0 amide bonds. The highest BCUT2D eigenvalue weighted by atomic mass is 35.5. The van der Waals surface area contributed by atoms with E-state index in [9.17, 15) is 9.90 Å². The lowest BCUT2D eigenvalue weighted by atomic mass is 10.1. The molecule has 0 aliphatic carbocycles. The summed E-state index contributed by atoms with van der Waals surface area (Å²) < 4.78 is 0. The average Bonchev–Trinajstić information content (AvgIpc) is 2.96. The van der Waals surface area contributed by atoms with Gasteiger partial charge in [-0.15, -0.1) is 11.3 Å². The Morgan fingerprint density at radius 1 is 1.30 bits per heavy atom. The summed E-state index contributed by atoms with van der Waals surface area (Å²) >= 11 is 13.5. The van der Waals surface area contributed by atoms with Gasteiger partial charge in [-0.25, -0.2) is 9.78 Å². The third kappa shape index (κ3) is 2.14. The highest BCUT2D eigenvalue weighted by Crippen LogP contribution is 2.34. The van der Waals surface area contributed by atoms with Crippen LogP contribution >= 0.6 is 34.5 Å². The fraction of sp³-hybridized carbons (Fsp3) is 0. The van der Waals surface area contributed by atoms with Crippen molar-refractivity contribution in [2.24, 2.45) is 0 Å². The molecule has 7 heteroatoms. The Morgan fingerprint density at radius 2 is 2.10 bits per heavy atom. The lowest BCUT2D eigenvalue weighted by molar-refractivity contribution is 0.0699. The molecule has 4 nitrogen and oxygen atoms in total. The predicted molar refractivity (Wildman–Crippen MR) is 79.8 cm³/mol. The van der Waals surface area contributed by atoms with Crippen LogP contribution in [-0.4, -0.2) is 21.0 Å². The Bertz CT molecular complexity index is 819. The number of carboxylic acids is 1. The minimum absolute atomic E-state index is 0.136. The molecule has 0 radical (unpaired) electrons. The molecule has 0 saturated carbocycles. The number of rotatable bonds is 2. The van der Waals surface area contributed by atoms with Gasteiger partial charge in [-0.3, -0.25) is 4.98 Å². The number of halogens is 2. The number of thiazole rings is 1. The van der Waals surface area contributed by atoms with Crippen LogP contribution < -0.4 is 0 Å². The van der Waals surface area contributed by atoms with Gasteiger partial charge in [0.2, 0.25) is 0 Å². The molecular weight excluding hydrogens is 319 g/mol. The number of fused-ring (bicyclic) bond motifs is 1. The second-order valence-corrected chi connectivity index (χ2v) is 5.65. The number of nitrogens with zero attached hydrogens (tertiary/aromatic N) is 2. The maximum absolute atomic E-state index is 11.4. The van der Waals surface area contributed by atoms with Gasteiger partial charge in [-0.1, -0.05) is 29.3 Å². The SMILES string of the molecule is O=C(O)c1cc(-c2cncs2)nc2c(Cl)c(Cl)ccc12. The first-order chi connectivity index (χ1) is 9.58. The molecule has 0 fully saturated rings. The fourth-order valence-electron chi connectivity index (χ4n) is 1.88. The van der Waals surface area contributed by atoms with Gasteiger partial charge in [0, 0.05) is 11.6 Å². The van der Waals surface area contributed by atoms with Crippen LogP contribution in [0.5, 0.6) is 0 Å². The number of hydrogen-bond donors (Lipinski definition) is 1. The lowest BCUT2D eigenvalue weighted by Crippen LogP contribution is -2.00. The minimum atomic E-state index is -1.04. The van der Waals surface area contributed by atoms with Crippen LogP contribution in [0.15, 0.2) is 29.9 Å². The van der Waals surface area contributed by atoms with Crippen molar-refractivity contribution < 1.29 is 9.90 Å². The molecule has 2 aromatic heterocycles. The van der Waals surface area contributed by atoms with E-state index in [1.807, 2.05) is 0 Å². The highest BCUT2D eigenvalue weighted by molar-refractivity contribution is 7.13. The van der Waals surface area contributed by atoms with Gasteiger partial charge in [-0.2, -0.15) is 0 Å². The number of carboxylic acid groups (broad SMARTS) is 1. The Kier molecular flexibility index (Phi) is 3.33. The van der Waals surface area contributed by atoms with Crippen molar-refractivity contribution in [2.75, 3.05) is 0 Å². The van der Waals surface area contributed by atoms with Gasteiger partial charge >= 0.3 is 5.97 Å². The molecule has 0 aliphatic rings. The smallest absolute Gasteiger partial charge is 0.336 e. The first-order valence-corrected chi connectivity index (χ1v) is 7.12. The fourth-order valence-corrected chi connectivity index (χ4v) is 2.82. The molecule has 2 heterocycles. The molecule has 0 atom stereocenters. The van der Waals surface area contributed by atoms with Crippen LogP contribution in [0.3, 0.4) is 0 Å². The standard InChI is InChI=1S/C13H6Cl2N2O2S/c14-8-2-1-6-7(13(18)19)3-9(10-4-16-5-20-10)17-12(6)11(8)15/h1-5H,(H,18,19). The maximum atomic E-state index is 11.4. The third-order valence-corrected chi connectivity index (χ3v) is 4.38. The molecule has 0 bridgehead atoms. The van der Waals surface area contributed by atoms with Crippen LogP contribution in [0, 0.1) is 0 Å². The summed E-state index contributed by atoms with van der Waals surface area (Å²) in [6, 6.07) is 4.69. The Morgan fingerprint density at radius 3 is 2.75 bits per heavy atom. The monoisotopic (exact) mass is 324 g/mol. The summed E-state index contributed by atoms with van der Waals surface area (Å²) in [7, 11) is 0. The summed E-state index contributed by atoms with van der Waals surface area (Å²) in [5.74, 6) is -1.04. The number of hydrogen-bond acceptors (Lipinski definition) is 4. The van der Waals surface area contributed by atoms with Crippen LogP contribution in [0.2, 0.25) is 10.0 Å². The van der Waals surface area contributed by atoms with Crippen molar-refractivity contribution in [3.63, 3.8) is 0 Å². The van der Waals surface area contributed by atoms with Gasteiger partial charge < -0.3 is 5.11 Å². The molecule has 0 saturated heterocycles. The molecule has 3 rings (SSSR count). The van der Waals surface area contributed by atoms with Gasteiger partial charge in [-0.05, 0) is 12.1 Å². The van der Waals surface area contributed by atoms with E-state index in [4.69, 9.17) is 23.2 Å². The summed E-state index contributed by atoms with van der Waals surface area (Å²) in [5.41, 5.74) is 2.68. The first kappa shape index (κ1) is 13.3. The quantitative estimate of drug-likeness (QED) is 0.760. The van der Waals surface area contributed by atoms with Crippen molar-refractivity contribution >= 4 is 51.4 Å². The number of benzene rings is 1. The van der Waals surface area contributed by atoms with Crippen LogP contribution in [0.25, 0.3) is 21.5 Å². The first-order valence-electron chi connectivity index (χ1n) is 5.49. The Balaban J connectivity index is 2.41. The number of aromatic carboxylic acids is 1. The predicted octanol–water partition coefficient (Wildman–Crippen LogP) is 4.36. The minimum Gasteiger partial charge on any atom is -0.478 e. The Hall–Kier alpha value is -1.69. The second kappa shape index (κ2) is 5.01. The normalized spacial score (nSPS) is 10.9. The van der Waals surface area contributed by atoms with E-state index in [0.29, 0.717) is 21.6 Å². The van der Waals surface area contributed by atoms with E-state index in [2.05, 4.69) is 9.97 Å². The Labute approximate surface area is 127 Å². The number of carbonyl (C=O) groups is 1. The molecular formula is C13H6Cl2N2O2S. The largest absolute Gasteiger partial charge is 0.478 e. The van der Waals surface area contributed by atoms with E-state index in [1.165, 1.54) is 17.4 Å². The lowest BCUT2D eigenvalue weighted by Gasteiger charge is -2.07. The summed E-state index contributed by atoms with van der Waals surface area (Å²) in [6.07, 6.45) is 1.63. The molecule has 100 valence electrons. The highest BCUT2D eigenvalue weighted by Gasteiger charge is 2.16. The summed E-state index contributed by atoms with van der Waals surface area (Å²) in [4.78, 5) is 20.6. The molecule has 0 unspecified atom stereocenters. The van der Waals surface area contributed by atoms with Crippen LogP contribution in [0.4, 0.5) is 0 Å². The van der Waals surface area contributed by atoms with E-state index >= 15 is 0 Å². The third-order valence-electron chi connectivity index (χ3n) is 2.79. The van der Waals surface area contributed by atoms with E-state index in [0.717, 1.165) is 4.88 Å². The van der Waals surface area contributed by atoms with Crippen molar-refractivity contribution in [3.8, 4) is 10.6 Å². The van der Waals surface area contributed by atoms with E-state index in [1.54, 1.807) is 23.8 Å². The van der Waals surface area contributed by atoms with E-state index in [-0.39, 0.29) is 10.6 Å². The number of pyridine rings is 1. The van der Waals surface area contributed by atoms with Crippen molar-refractivity contribution in [1.29, 1.82) is 0 Å².